The number of methoxy groups -OCH3 is 2. The molecule has 1 N–H and O–H groups in total. The topological polar surface area (TPSA) is 101 Å². The van der Waals surface area contributed by atoms with Gasteiger partial charge in [-0.25, -0.2) is 14.7 Å². The van der Waals surface area contributed by atoms with Gasteiger partial charge in [0.15, 0.2) is 0 Å². The molecule has 4 amide bonds. The molecular formula is C22H22N4O5S2. The number of carbonyl (C=O) groups excluding carboxylic acids is 3. The molecule has 0 aromatic heterocycles. The number of para-hydroxylation sites is 4. The van der Waals surface area contributed by atoms with Crippen molar-refractivity contribution in [2.75, 3.05) is 37.2 Å². The standard InChI is InChI=1S/C22H22N4O5S2/c1-30-15-10-6-4-8-13(15)23-17(27)12-25-19-18(33-21(24-19)32-3)20(28)26(22(25)29)14-9-5-7-11-16(14)31-2/h4-11,18-19H,12H2,1-3H3,(H,23,27). The summed E-state index contributed by atoms with van der Waals surface area (Å²) < 4.78 is 11.3. The molecule has 33 heavy (non-hydrogen) atoms. The van der Waals surface area contributed by atoms with Crippen molar-refractivity contribution in [1.29, 1.82) is 0 Å². The van der Waals surface area contributed by atoms with Crippen molar-refractivity contribution in [3.63, 3.8) is 0 Å². The predicted molar refractivity (Wildman–Crippen MR) is 130 cm³/mol. The van der Waals surface area contributed by atoms with Crippen molar-refractivity contribution in [1.82, 2.24) is 4.90 Å². The van der Waals surface area contributed by atoms with Crippen LogP contribution in [0.2, 0.25) is 0 Å². The molecule has 11 heteroatoms. The minimum atomic E-state index is -0.771. The van der Waals surface area contributed by atoms with Gasteiger partial charge in [-0.3, -0.25) is 14.5 Å². The van der Waals surface area contributed by atoms with E-state index in [1.807, 2.05) is 6.26 Å². The van der Waals surface area contributed by atoms with Gasteiger partial charge in [0.1, 0.15) is 33.8 Å². The van der Waals surface area contributed by atoms with Crippen molar-refractivity contribution >= 4 is 57.1 Å². The number of imide groups is 1. The Kier molecular flexibility index (Phi) is 6.80. The van der Waals surface area contributed by atoms with Gasteiger partial charge >= 0.3 is 6.03 Å². The number of hydrogen-bond donors (Lipinski definition) is 1. The molecule has 2 aliphatic rings. The van der Waals surface area contributed by atoms with Gasteiger partial charge < -0.3 is 14.8 Å². The normalized spacial score (nSPS) is 19.8. The number of thioether (sulfide) groups is 2. The van der Waals surface area contributed by atoms with E-state index in [0.717, 1.165) is 4.90 Å². The van der Waals surface area contributed by atoms with Gasteiger partial charge in [0, 0.05) is 0 Å². The lowest BCUT2D eigenvalue weighted by molar-refractivity contribution is -0.122. The fraction of sp³-hybridized carbons (Fsp3) is 0.273. The van der Waals surface area contributed by atoms with E-state index >= 15 is 0 Å². The highest BCUT2D eigenvalue weighted by Crippen LogP contribution is 2.41. The number of amides is 4. The van der Waals surface area contributed by atoms with E-state index in [0.29, 0.717) is 27.2 Å². The molecule has 172 valence electrons. The largest absolute Gasteiger partial charge is 0.495 e. The number of ether oxygens (including phenoxy) is 2. The molecule has 9 nitrogen and oxygen atoms in total. The Bertz CT molecular complexity index is 1130. The van der Waals surface area contributed by atoms with Crippen LogP contribution in [0.5, 0.6) is 11.5 Å². The zero-order valence-corrected chi connectivity index (χ0v) is 19.8. The average Bonchev–Trinajstić information content (AvgIpc) is 3.27. The molecule has 1 saturated heterocycles. The average molecular weight is 487 g/mol. The van der Waals surface area contributed by atoms with Crippen LogP contribution in [0.15, 0.2) is 53.5 Å². The third-order valence-electron chi connectivity index (χ3n) is 5.15. The molecular weight excluding hydrogens is 464 g/mol. The van der Waals surface area contributed by atoms with Crippen molar-refractivity contribution in [2.24, 2.45) is 4.99 Å². The van der Waals surface area contributed by atoms with Gasteiger partial charge in [-0.15, -0.1) is 11.8 Å². The van der Waals surface area contributed by atoms with Gasteiger partial charge in [-0.1, -0.05) is 36.0 Å². The van der Waals surface area contributed by atoms with Gasteiger partial charge in [0.25, 0.3) is 5.91 Å². The van der Waals surface area contributed by atoms with Crippen LogP contribution >= 0.6 is 23.5 Å². The van der Waals surface area contributed by atoms with E-state index in [1.165, 1.54) is 42.6 Å². The minimum Gasteiger partial charge on any atom is -0.495 e. The third kappa shape index (κ3) is 4.38. The lowest BCUT2D eigenvalue weighted by Gasteiger charge is -2.39. The number of nitrogens with one attached hydrogen (secondary N) is 1. The van der Waals surface area contributed by atoms with Crippen molar-refractivity contribution < 1.29 is 23.9 Å². The number of urea groups is 1. The summed E-state index contributed by atoms with van der Waals surface area (Å²) in [7, 11) is 2.98. The number of nitrogens with zero attached hydrogens (tertiary/aromatic N) is 3. The van der Waals surface area contributed by atoms with Gasteiger partial charge in [0.05, 0.1) is 25.6 Å². The molecule has 2 unspecified atom stereocenters. The van der Waals surface area contributed by atoms with Gasteiger partial charge in [0.2, 0.25) is 5.91 Å². The monoisotopic (exact) mass is 486 g/mol. The van der Waals surface area contributed by atoms with E-state index < -0.39 is 29.3 Å². The molecule has 0 spiro atoms. The summed E-state index contributed by atoms with van der Waals surface area (Å²) in [5.74, 6) is 0.0520. The highest BCUT2D eigenvalue weighted by atomic mass is 32.2. The highest BCUT2D eigenvalue weighted by Gasteiger charge is 2.51. The van der Waals surface area contributed by atoms with Gasteiger partial charge in [-0.2, -0.15) is 0 Å². The maximum Gasteiger partial charge on any atom is 0.333 e. The summed E-state index contributed by atoms with van der Waals surface area (Å²) in [6.07, 6.45) is 1.08. The summed E-state index contributed by atoms with van der Waals surface area (Å²) in [6, 6.07) is 13.1. The Labute approximate surface area is 199 Å². The molecule has 2 atom stereocenters. The Hall–Kier alpha value is -3.18. The minimum absolute atomic E-state index is 0.289. The van der Waals surface area contributed by atoms with E-state index in [4.69, 9.17) is 9.47 Å². The van der Waals surface area contributed by atoms with E-state index in [9.17, 15) is 14.4 Å². The zero-order valence-electron chi connectivity index (χ0n) is 18.2. The highest BCUT2D eigenvalue weighted by molar-refractivity contribution is 8.39. The molecule has 4 rings (SSSR count). The number of hydrogen-bond acceptors (Lipinski definition) is 8. The fourth-order valence-corrected chi connectivity index (χ4v) is 5.47. The van der Waals surface area contributed by atoms with Crippen LogP contribution in [0.25, 0.3) is 0 Å². The number of benzene rings is 2. The van der Waals surface area contributed by atoms with Crippen LogP contribution in [-0.4, -0.2) is 65.6 Å². The number of rotatable bonds is 6. The first-order chi connectivity index (χ1) is 16.0. The predicted octanol–water partition coefficient (Wildman–Crippen LogP) is 3.27. The van der Waals surface area contributed by atoms with Crippen LogP contribution in [0, 0.1) is 0 Å². The first-order valence-electron chi connectivity index (χ1n) is 9.97. The van der Waals surface area contributed by atoms with Crippen LogP contribution < -0.4 is 19.7 Å². The number of aliphatic imine (C=N–C) groups is 1. The van der Waals surface area contributed by atoms with Crippen molar-refractivity contribution in [2.45, 2.75) is 11.4 Å². The summed E-state index contributed by atoms with van der Waals surface area (Å²) >= 11 is 2.69. The summed E-state index contributed by atoms with van der Waals surface area (Å²) in [6.45, 7) is -0.289. The quantitative estimate of drug-likeness (QED) is 0.669. The molecule has 0 radical (unpaired) electrons. The molecule has 0 saturated carbocycles. The molecule has 2 aromatic carbocycles. The first kappa shape index (κ1) is 23.0. The number of carbonyl (C=O) groups is 3. The summed E-state index contributed by atoms with van der Waals surface area (Å²) in [5, 5.41) is 2.12. The molecule has 0 aliphatic carbocycles. The number of anilines is 2. The zero-order chi connectivity index (χ0) is 23.5. The van der Waals surface area contributed by atoms with E-state index in [-0.39, 0.29) is 6.54 Å². The molecule has 2 aliphatic heterocycles. The van der Waals surface area contributed by atoms with Crippen LogP contribution in [0.4, 0.5) is 16.2 Å². The lowest BCUT2D eigenvalue weighted by Crippen LogP contribution is -2.63. The number of fused-ring (bicyclic) bond motifs is 1. The Morgan fingerprint density at radius 2 is 1.76 bits per heavy atom. The Balaban J connectivity index is 1.65. The molecule has 2 heterocycles. The second-order valence-electron chi connectivity index (χ2n) is 7.06. The fourth-order valence-electron chi connectivity index (χ4n) is 3.64. The molecule has 0 bridgehead atoms. The SMILES string of the molecule is COc1ccccc1NC(=O)CN1C(=O)N(c2ccccc2OC)C(=O)C2SC(SC)=NC21. The van der Waals surface area contributed by atoms with Crippen molar-refractivity contribution in [3.05, 3.63) is 48.5 Å². The third-order valence-corrected chi connectivity index (χ3v) is 7.40. The summed E-state index contributed by atoms with van der Waals surface area (Å²) in [5.41, 5.74) is 0.805. The lowest BCUT2D eigenvalue weighted by atomic mass is 10.1. The second-order valence-corrected chi connectivity index (χ2v) is 9.24. The van der Waals surface area contributed by atoms with E-state index in [1.54, 1.807) is 48.5 Å². The maximum absolute atomic E-state index is 13.5. The molecule has 2 aromatic rings. The summed E-state index contributed by atoms with van der Waals surface area (Å²) in [4.78, 5) is 46.8. The van der Waals surface area contributed by atoms with E-state index in [2.05, 4.69) is 10.3 Å². The Morgan fingerprint density at radius 3 is 2.45 bits per heavy atom. The molecule has 1 fully saturated rings. The van der Waals surface area contributed by atoms with Crippen LogP contribution in [0.1, 0.15) is 0 Å². The van der Waals surface area contributed by atoms with Crippen LogP contribution in [0.3, 0.4) is 0 Å². The van der Waals surface area contributed by atoms with Gasteiger partial charge in [-0.05, 0) is 30.5 Å². The maximum atomic E-state index is 13.5. The van der Waals surface area contributed by atoms with Crippen LogP contribution in [-0.2, 0) is 9.59 Å². The Morgan fingerprint density at radius 1 is 1.09 bits per heavy atom. The second kappa shape index (κ2) is 9.75. The first-order valence-corrected chi connectivity index (χ1v) is 12.1. The van der Waals surface area contributed by atoms with Crippen molar-refractivity contribution in [3.8, 4) is 11.5 Å². The smallest absolute Gasteiger partial charge is 0.333 e.